The third-order valence-electron chi connectivity index (χ3n) is 4.48. The van der Waals surface area contributed by atoms with Gasteiger partial charge in [-0.3, -0.25) is 4.98 Å². The van der Waals surface area contributed by atoms with E-state index >= 15 is 0 Å². The molecule has 1 N–H and O–H groups in total. The summed E-state index contributed by atoms with van der Waals surface area (Å²) in [7, 11) is 0. The topological polar surface area (TPSA) is 24.9 Å². The molecule has 0 spiro atoms. The molecule has 4 rings (SSSR count). The zero-order valence-electron chi connectivity index (χ0n) is 13.1. The zero-order chi connectivity index (χ0) is 14.8. The third-order valence-corrected chi connectivity index (χ3v) is 4.48. The average molecular weight is 325 g/mol. The Hall–Kier alpha value is -2.06. The molecule has 0 aliphatic heterocycles. The highest BCUT2D eigenvalue weighted by Crippen LogP contribution is 2.33. The first kappa shape index (κ1) is 15.8. The van der Waals surface area contributed by atoms with E-state index in [9.17, 15) is 0 Å². The van der Waals surface area contributed by atoms with Gasteiger partial charge in [-0.1, -0.05) is 48.5 Å². The number of rotatable bonds is 4. The maximum absolute atomic E-state index is 4.84. The predicted octanol–water partition coefficient (Wildman–Crippen LogP) is 4.80. The summed E-state index contributed by atoms with van der Waals surface area (Å²) in [6.07, 6.45) is 4.55. The van der Waals surface area contributed by atoms with Crippen LogP contribution in [-0.2, 0) is 19.3 Å². The van der Waals surface area contributed by atoms with Crippen LogP contribution in [-0.4, -0.2) is 11.5 Å². The summed E-state index contributed by atoms with van der Waals surface area (Å²) in [4.78, 5) is 4.84. The number of fused-ring (bicyclic) bond motifs is 2. The fraction of sp³-hybridized carbons (Fsp3) is 0.250. The van der Waals surface area contributed by atoms with Crippen molar-refractivity contribution in [1.82, 2.24) is 4.98 Å². The van der Waals surface area contributed by atoms with Gasteiger partial charge in [-0.25, -0.2) is 0 Å². The molecule has 3 heteroatoms. The summed E-state index contributed by atoms with van der Waals surface area (Å²) in [5, 5.41) is 4.96. The molecule has 1 heterocycles. The van der Waals surface area contributed by atoms with E-state index in [0.29, 0.717) is 0 Å². The van der Waals surface area contributed by atoms with Gasteiger partial charge in [-0.15, -0.1) is 12.4 Å². The molecule has 1 aliphatic carbocycles. The molecule has 0 amide bonds. The number of hydrogen-bond acceptors (Lipinski definition) is 2. The van der Waals surface area contributed by atoms with Crippen molar-refractivity contribution in [2.45, 2.75) is 25.7 Å². The Morgan fingerprint density at radius 3 is 2.57 bits per heavy atom. The Balaban J connectivity index is 0.00000156. The molecule has 2 nitrogen and oxygen atoms in total. The Morgan fingerprint density at radius 1 is 0.913 bits per heavy atom. The second-order valence-electron chi connectivity index (χ2n) is 5.95. The monoisotopic (exact) mass is 324 g/mol. The van der Waals surface area contributed by atoms with E-state index < -0.39 is 0 Å². The lowest BCUT2D eigenvalue weighted by molar-refractivity contribution is 0.900. The molecule has 0 saturated carbocycles. The molecule has 0 fully saturated rings. The second-order valence-corrected chi connectivity index (χ2v) is 5.95. The molecule has 0 saturated heterocycles. The van der Waals surface area contributed by atoms with Crippen LogP contribution >= 0.6 is 12.4 Å². The lowest BCUT2D eigenvalue weighted by Crippen LogP contribution is -2.08. The average Bonchev–Trinajstić information content (AvgIpc) is 3.03. The first-order valence-electron chi connectivity index (χ1n) is 8.10. The molecular weight excluding hydrogens is 304 g/mol. The van der Waals surface area contributed by atoms with Gasteiger partial charge in [0.25, 0.3) is 0 Å². The molecule has 0 bridgehead atoms. The number of aryl methyl sites for hydroxylation is 1. The molecule has 118 valence electrons. The van der Waals surface area contributed by atoms with Gasteiger partial charge >= 0.3 is 0 Å². The van der Waals surface area contributed by atoms with Crippen molar-refractivity contribution in [3.8, 4) is 0 Å². The molecule has 23 heavy (non-hydrogen) atoms. The molecule has 0 atom stereocenters. The minimum absolute atomic E-state index is 0. The molecule has 0 unspecified atom stereocenters. The lowest BCUT2D eigenvalue weighted by atomic mass is 10.1. The van der Waals surface area contributed by atoms with Crippen LogP contribution in [0.2, 0.25) is 0 Å². The van der Waals surface area contributed by atoms with Crippen LogP contribution in [0.5, 0.6) is 0 Å². The van der Waals surface area contributed by atoms with Crippen LogP contribution < -0.4 is 5.32 Å². The Morgan fingerprint density at radius 2 is 1.70 bits per heavy atom. The number of nitrogens with zero attached hydrogens (tertiary/aromatic N) is 1. The largest absolute Gasteiger partial charge is 0.384 e. The Kier molecular flexibility index (Phi) is 4.82. The number of halogens is 1. The van der Waals surface area contributed by atoms with Gasteiger partial charge < -0.3 is 5.32 Å². The van der Waals surface area contributed by atoms with E-state index in [1.54, 1.807) is 0 Å². The van der Waals surface area contributed by atoms with E-state index in [4.69, 9.17) is 4.98 Å². The smallest absolute Gasteiger partial charge is 0.0726 e. The zero-order valence-corrected chi connectivity index (χ0v) is 13.9. The molecule has 1 aliphatic rings. The van der Waals surface area contributed by atoms with Crippen molar-refractivity contribution in [2.75, 3.05) is 11.9 Å². The van der Waals surface area contributed by atoms with Crippen molar-refractivity contribution < 1.29 is 0 Å². The SMILES string of the molecule is Cl.c1ccc(CCNc2c3c(nc4ccccc24)CCC3)cc1. The fourth-order valence-electron chi connectivity index (χ4n) is 3.39. The molecule has 1 aromatic heterocycles. The highest BCUT2D eigenvalue weighted by molar-refractivity contribution is 5.93. The van der Waals surface area contributed by atoms with E-state index in [1.165, 1.54) is 34.3 Å². The van der Waals surface area contributed by atoms with Gasteiger partial charge in [0.15, 0.2) is 0 Å². The van der Waals surface area contributed by atoms with Crippen LogP contribution in [0.3, 0.4) is 0 Å². The summed E-state index contributed by atoms with van der Waals surface area (Å²) in [5.74, 6) is 0. The maximum Gasteiger partial charge on any atom is 0.0726 e. The quantitative estimate of drug-likeness (QED) is 0.745. The van der Waals surface area contributed by atoms with Gasteiger partial charge in [-0.2, -0.15) is 0 Å². The molecule has 3 aromatic rings. The summed E-state index contributed by atoms with van der Waals surface area (Å²) < 4.78 is 0. The second kappa shape index (κ2) is 7.01. The summed E-state index contributed by atoms with van der Waals surface area (Å²) in [5.41, 5.74) is 6.54. The fourth-order valence-corrected chi connectivity index (χ4v) is 3.39. The molecule has 0 radical (unpaired) electrons. The number of aromatic nitrogens is 1. The molecular formula is C20H21ClN2. The van der Waals surface area contributed by atoms with Crippen molar-refractivity contribution in [2.24, 2.45) is 0 Å². The van der Waals surface area contributed by atoms with Gasteiger partial charge in [0, 0.05) is 23.3 Å². The number of benzene rings is 2. The first-order chi connectivity index (χ1) is 10.9. The standard InChI is InChI=1S/C20H20N2.ClH/c1-2-7-15(8-3-1)13-14-21-20-16-9-4-5-11-18(16)22-19-12-6-10-17(19)20;/h1-5,7-9,11H,6,10,12-14H2,(H,21,22);1H. The van der Waals surface area contributed by atoms with Gasteiger partial charge in [0.2, 0.25) is 0 Å². The summed E-state index contributed by atoms with van der Waals surface area (Å²) in [6.45, 7) is 0.963. The van der Waals surface area contributed by atoms with E-state index in [2.05, 4.69) is 59.9 Å². The summed E-state index contributed by atoms with van der Waals surface area (Å²) in [6, 6.07) is 19.2. The van der Waals surface area contributed by atoms with Crippen LogP contribution in [0, 0.1) is 0 Å². The number of pyridine rings is 1. The van der Waals surface area contributed by atoms with Crippen molar-refractivity contribution in [3.63, 3.8) is 0 Å². The minimum atomic E-state index is 0. The van der Waals surface area contributed by atoms with Crippen LogP contribution in [0.1, 0.15) is 23.2 Å². The van der Waals surface area contributed by atoms with Crippen molar-refractivity contribution in [3.05, 3.63) is 71.4 Å². The Labute approximate surface area is 143 Å². The minimum Gasteiger partial charge on any atom is -0.384 e. The summed E-state index contributed by atoms with van der Waals surface area (Å²) >= 11 is 0. The van der Waals surface area contributed by atoms with Crippen LogP contribution in [0.25, 0.3) is 10.9 Å². The van der Waals surface area contributed by atoms with Crippen molar-refractivity contribution >= 4 is 29.0 Å². The number of hydrogen-bond donors (Lipinski definition) is 1. The molecule has 2 aromatic carbocycles. The maximum atomic E-state index is 4.84. The first-order valence-corrected chi connectivity index (χ1v) is 8.10. The van der Waals surface area contributed by atoms with Crippen LogP contribution in [0.4, 0.5) is 5.69 Å². The number of anilines is 1. The van der Waals surface area contributed by atoms with E-state index in [-0.39, 0.29) is 12.4 Å². The lowest BCUT2D eigenvalue weighted by Gasteiger charge is -2.14. The highest BCUT2D eigenvalue weighted by atomic mass is 35.5. The van der Waals surface area contributed by atoms with Crippen molar-refractivity contribution in [1.29, 1.82) is 0 Å². The van der Waals surface area contributed by atoms with Gasteiger partial charge in [-0.05, 0) is 42.9 Å². The highest BCUT2D eigenvalue weighted by Gasteiger charge is 2.19. The van der Waals surface area contributed by atoms with Crippen LogP contribution in [0.15, 0.2) is 54.6 Å². The van der Waals surface area contributed by atoms with E-state index in [1.807, 2.05) is 0 Å². The normalized spacial score (nSPS) is 12.7. The van der Waals surface area contributed by atoms with E-state index in [0.717, 1.165) is 31.3 Å². The number of para-hydroxylation sites is 1. The third kappa shape index (κ3) is 3.18. The van der Waals surface area contributed by atoms with Gasteiger partial charge in [0.1, 0.15) is 0 Å². The predicted molar refractivity (Wildman–Crippen MR) is 99.7 cm³/mol. The number of nitrogens with one attached hydrogen (secondary N) is 1. The Bertz CT molecular complexity index is 799. The van der Waals surface area contributed by atoms with Gasteiger partial charge in [0.05, 0.1) is 5.52 Å².